The number of nitrogens with two attached hydrogens (primary N) is 2. The van der Waals surface area contributed by atoms with Gasteiger partial charge in [-0.2, -0.15) is 0 Å². The van der Waals surface area contributed by atoms with Gasteiger partial charge in [0, 0.05) is 12.8 Å². The third-order valence-electron chi connectivity index (χ3n) is 2.64. The van der Waals surface area contributed by atoms with Crippen LogP contribution in [0.4, 0.5) is 0 Å². The molecule has 0 bridgehead atoms. The Kier molecular flexibility index (Phi) is 28.7. The Hall–Kier alpha value is 0.0600. The fourth-order valence-corrected chi connectivity index (χ4v) is 1.60. The number of halogens is 2. The second kappa shape index (κ2) is 22.3. The molecule has 0 aromatic carbocycles. The van der Waals surface area contributed by atoms with E-state index in [0.29, 0.717) is 0 Å². The molecule has 0 atom stereocenters. The monoisotopic (exact) mass is 296 g/mol. The maximum atomic E-state index is 5.43. The van der Waals surface area contributed by atoms with E-state index in [9.17, 15) is 0 Å². The average molecular weight is 297 g/mol. The predicted octanol–water partition coefficient (Wildman–Crippen LogP) is 3.65. The summed E-state index contributed by atoms with van der Waals surface area (Å²) in [4.78, 5) is 0. The van der Waals surface area contributed by atoms with E-state index in [-0.39, 0.29) is 24.8 Å². The van der Waals surface area contributed by atoms with Crippen molar-refractivity contribution in [2.45, 2.75) is 64.2 Å². The van der Waals surface area contributed by atoms with Crippen LogP contribution in [-0.2, 0) is 0 Å². The summed E-state index contributed by atoms with van der Waals surface area (Å²) in [5.74, 6) is 6.44. The maximum absolute atomic E-state index is 5.43. The van der Waals surface area contributed by atoms with Crippen LogP contribution in [0.25, 0.3) is 0 Å². The van der Waals surface area contributed by atoms with Crippen LogP contribution in [0.2, 0.25) is 0 Å². The number of rotatable bonds is 10. The van der Waals surface area contributed by atoms with Crippen molar-refractivity contribution in [3.05, 3.63) is 0 Å². The van der Waals surface area contributed by atoms with Crippen molar-refractivity contribution in [3.63, 3.8) is 0 Å². The molecule has 0 saturated heterocycles. The molecule has 0 aromatic rings. The Morgan fingerprint density at radius 1 is 0.500 bits per heavy atom. The van der Waals surface area contributed by atoms with Gasteiger partial charge in [0.25, 0.3) is 0 Å². The molecular formula is C14H30Cl2N2. The highest BCUT2D eigenvalue weighted by Gasteiger charge is 1.89. The molecule has 2 nitrogen and oxygen atoms in total. The molecule has 110 valence electrons. The van der Waals surface area contributed by atoms with Crippen LogP contribution in [0.5, 0.6) is 0 Å². The zero-order chi connectivity index (χ0) is 11.9. The van der Waals surface area contributed by atoms with Crippen molar-refractivity contribution >= 4 is 24.8 Å². The Labute approximate surface area is 125 Å². The number of hydrogen-bond acceptors (Lipinski definition) is 2. The van der Waals surface area contributed by atoms with Crippen molar-refractivity contribution < 1.29 is 0 Å². The minimum absolute atomic E-state index is 0. The zero-order valence-electron chi connectivity index (χ0n) is 11.5. The first-order chi connectivity index (χ1) is 7.91. The van der Waals surface area contributed by atoms with Crippen molar-refractivity contribution in [3.8, 4) is 11.8 Å². The molecule has 0 radical (unpaired) electrons. The second-order valence-electron chi connectivity index (χ2n) is 4.26. The molecule has 4 N–H and O–H groups in total. The molecule has 0 aliphatic heterocycles. The van der Waals surface area contributed by atoms with Crippen molar-refractivity contribution in [2.24, 2.45) is 11.5 Å². The number of hydrogen-bond donors (Lipinski definition) is 2. The highest BCUT2D eigenvalue weighted by atomic mass is 35.5. The summed E-state index contributed by atoms with van der Waals surface area (Å²) < 4.78 is 0. The van der Waals surface area contributed by atoms with Crippen LogP contribution in [0.15, 0.2) is 0 Å². The van der Waals surface area contributed by atoms with Crippen LogP contribution < -0.4 is 11.5 Å². The van der Waals surface area contributed by atoms with Gasteiger partial charge in [0.1, 0.15) is 0 Å². The standard InChI is InChI=1S/C14H28N2.2ClH/c15-13-11-9-7-5-3-1-2-4-6-8-10-12-14-16;;/h1-3,5,7-16H2;2*1H. The summed E-state index contributed by atoms with van der Waals surface area (Å²) >= 11 is 0. The summed E-state index contributed by atoms with van der Waals surface area (Å²) in [7, 11) is 0. The van der Waals surface area contributed by atoms with Gasteiger partial charge in [-0.15, -0.1) is 36.7 Å². The minimum Gasteiger partial charge on any atom is -0.330 e. The molecule has 0 heterocycles. The lowest BCUT2D eigenvalue weighted by molar-refractivity contribution is 0.603. The SMILES string of the molecule is Cl.Cl.NCCCCC#CCCCCCCCCN. The average Bonchev–Trinajstić information content (AvgIpc) is 2.31. The van der Waals surface area contributed by atoms with Crippen LogP contribution in [0.1, 0.15) is 64.2 Å². The first-order valence-corrected chi connectivity index (χ1v) is 6.77. The first kappa shape index (κ1) is 23.2. The van der Waals surface area contributed by atoms with Gasteiger partial charge in [-0.25, -0.2) is 0 Å². The molecule has 0 saturated carbocycles. The Morgan fingerprint density at radius 3 is 1.33 bits per heavy atom. The second-order valence-corrected chi connectivity index (χ2v) is 4.26. The van der Waals surface area contributed by atoms with Crippen LogP contribution in [0.3, 0.4) is 0 Å². The highest BCUT2D eigenvalue weighted by molar-refractivity contribution is 5.85. The molecule has 0 amide bonds. The molecular weight excluding hydrogens is 267 g/mol. The summed E-state index contributed by atoms with van der Waals surface area (Å²) in [5, 5.41) is 0. The maximum Gasteiger partial charge on any atom is 0.00891 e. The fraction of sp³-hybridized carbons (Fsp3) is 0.857. The summed E-state index contributed by atoms with van der Waals surface area (Å²) in [6, 6.07) is 0. The van der Waals surface area contributed by atoms with Gasteiger partial charge in [0.15, 0.2) is 0 Å². The molecule has 0 unspecified atom stereocenters. The van der Waals surface area contributed by atoms with E-state index in [1.807, 2.05) is 0 Å². The number of unbranched alkanes of at least 4 members (excludes halogenated alkanes) is 8. The Bertz CT molecular complexity index is 188. The van der Waals surface area contributed by atoms with Crippen LogP contribution in [-0.4, -0.2) is 13.1 Å². The van der Waals surface area contributed by atoms with Gasteiger partial charge in [-0.05, 0) is 38.8 Å². The quantitative estimate of drug-likeness (QED) is 0.477. The van der Waals surface area contributed by atoms with Gasteiger partial charge in [-0.3, -0.25) is 0 Å². The molecule has 0 aliphatic carbocycles. The van der Waals surface area contributed by atoms with E-state index in [1.54, 1.807) is 0 Å². The predicted molar refractivity (Wildman–Crippen MR) is 86.6 cm³/mol. The molecule has 0 rings (SSSR count). The Balaban J connectivity index is -0.00000112. The van der Waals surface area contributed by atoms with E-state index >= 15 is 0 Å². The topological polar surface area (TPSA) is 52.0 Å². The van der Waals surface area contributed by atoms with Gasteiger partial charge < -0.3 is 11.5 Å². The van der Waals surface area contributed by atoms with Gasteiger partial charge in [-0.1, -0.05) is 25.7 Å². The summed E-state index contributed by atoms with van der Waals surface area (Å²) in [6.07, 6.45) is 12.1. The summed E-state index contributed by atoms with van der Waals surface area (Å²) in [6.45, 7) is 1.64. The first-order valence-electron chi connectivity index (χ1n) is 6.77. The highest BCUT2D eigenvalue weighted by Crippen LogP contribution is 2.06. The van der Waals surface area contributed by atoms with Crippen LogP contribution >= 0.6 is 24.8 Å². The molecule has 0 aliphatic rings. The van der Waals surface area contributed by atoms with Crippen molar-refractivity contribution in [1.82, 2.24) is 0 Å². The van der Waals surface area contributed by atoms with Crippen molar-refractivity contribution in [1.29, 1.82) is 0 Å². The van der Waals surface area contributed by atoms with Gasteiger partial charge in [0.2, 0.25) is 0 Å². The molecule has 0 fully saturated rings. The van der Waals surface area contributed by atoms with Crippen molar-refractivity contribution in [2.75, 3.05) is 13.1 Å². The fourth-order valence-electron chi connectivity index (χ4n) is 1.60. The molecule has 18 heavy (non-hydrogen) atoms. The lowest BCUT2D eigenvalue weighted by atomic mass is 10.1. The van der Waals surface area contributed by atoms with Gasteiger partial charge >= 0.3 is 0 Å². The lowest BCUT2D eigenvalue weighted by Gasteiger charge is -1.98. The summed E-state index contributed by atoms with van der Waals surface area (Å²) in [5.41, 5.74) is 10.8. The smallest absolute Gasteiger partial charge is 0.00891 e. The third kappa shape index (κ3) is 21.4. The van der Waals surface area contributed by atoms with E-state index in [0.717, 1.165) is 38.8 Å². The minimum atomic E-state index is 0. The van der Waals surface area contributed by atoms with E-state index in [1.165, 1.54) is 38.5 Å². The molecule has 0 aromatic heterocycles. The van der Waals surface area contributed by atoms with E-state index < -0.39 is 0 Å². The third-order valence-corrected chi connectivity index (χ3v) is 2.64. The molecule has 4 heteroatoms. The zero-order valence-corrected chi connectivity index (χ0v) is 13.1. The largest absolute Gasteiger partial charge is 0.330 e. The normalized spacial score (nSPS) is 8.78. The van der Waals surface area contributed by atoms with E-state index in [2.05, 4.69) is 11.8 Å². The Morgan fingerprint density at radius 2 is 0.833 bits per heavy atom. The van der Waals surface area contributed by atoms with E-state index in [4.69, 9.17) is 11.5 Å². The lowest BCUT2D eigenvalue weighted by Crippen LogP contribution is -1.97. The van der Waals surface area contributed by atoms with Crippen LogP contribution in [0, 0.1) is 11.8 Å². The van der Waals surface area contributed by atoms with Gasteiger partial charge in [0.05, 0.1) is 0 Å². The molecule has 0 spiro atoms.